The summed E-state index contributed by atoms with van der Waals surface area (Å²) in [6, 6.07) is 8.04. The molecule has 1 fully saturated rings. The standard InChI is InChI=1S/C22H34F2/c1-3-5-7-9-18-11-14-20(15-12-18)21-16-13-19(10-8-6-4-2)17-22(21,23)24/h11-12,14-15,19,21H,3-10,13,16-17H2,1-2H3/t19-,21+/m1/s1. The van der Waals surface area contributed by atoms with Crippen molar-refractivity contribution in [1.82, 2.24) is 0 Å². The molecule has 0 N–H and O–H groups in total. The molecule has 1 aromatic rings. The average molecular weight is 337 g/mol. The minimum absolute atomic E-state index is 0.0830. The second-order valence-corrected chi connectivity index (χ2v) is 7.66. The number of alkyl halides is 2. The van der Waals surface area contributed by atoms with Gasteiger partial charge in [0.1, 0.15) is 0 Å². The molecule has 0 heterocycles. The lowest BCUT2D eigenvalue weighted by Gasteiger charge is -2.36. The molecule has 2 atom stereocenters. The van der Waals surface area contributed by atoms with Crippen molar-refractivity contribution < 1.29 is 8.78 Å². The lowest BCUT2D eigenvalue weighted by Crippen LogP contribution is -2.34. The van der Waals surface area contributed by atoms with E-state index in [0.717, 1.165) is 37.7 Å². The zero-order valence-electron chi connectivity index (χ0n) is 15.5. The molecule has 0 radical (unpaired) electrons. The zero-order chi connectivity index (χ0) is 17.4. The summed E-state index contributed by atoms with van der Waals surface area (Å²) in [5.41, 5.74) is 2.12. The maximum atomic E-state index is 14.7. The monoisotopic (exact) mass is 336 g/mol. The van der Waals surface area contributed by atoms with Crippen molar-refractivity contribution in [3.8, 4) is 0 Å². The Morgan fingerprint density at radius 1 is 0.917 bits per heavy atom. The normalized spacial score (nSPS) is 23.3. The van der Waals surface area contributed by atoms with Crippen LogP contribution in [0.5, 0.6) is 0 Å². The highest BCUT2D eigenvalue weighted by Crippen LogP contribution is 2.48. The van der Waals surface area contributed by atoms with Gasteiger partial charge in [-0.25, -0.2) is 8.78 Å². The van der Waals surface area contributed by atoms with Crippen molar-refractivity contribution >= 4 is 0 Å². The number of aryl methyl sites for hydroxylation is 1. The number of halogens is 2. The van der Waals surface area contributed by atoms with Crippen LogP contribution in [0.25, 0.3) is 0 Å². The van der Waals surface area contributed by atoms with Crippen LogP contribution in [-0.4, -0.2) is 5.92 Å². The highest BCUT2D eigenvalue weighted by atomic mass is 19.3. The Labute approximate surface area is 147 Å². The number of rotatable bonds is 9. The van der Waals surface area contributed by atoms with Gasteiger partial charge in [0.25, 0.3) is 5.92 Å². The first-order valence-corrected chi connectivity index (χ1v) is 10.0. The second kappa shape index (κ2) is 9.53. The van der Waals surface area contributed by atoms with Crippen LogP contribution in [0.2, 0.25) is 0 Å². The molecule has 0 unspecified atom stereocenters. The maximum absolute atomic E-state index is 14.7. The molecule has 24 heavy (non-hydrogen) atoms. The van der Waals surface area contributed by atoms with Gasteiger partial charge < -0.3 is 0 Å². The molecule has 2 rings (SSSR count). The SMILES string of the molecule is CCCCCc1ccc([C@@H]2CC[C@@H](CCCCC)CC2(F)F)cc1. The summed E-state index contributed by atoms with van der Waals surface area (Å²) in [6.07, 6.45) is 10.8. The summed E-state index contributed by atoms with van der Waals surface area (Å²) in [4.78, 5) is 0. The first-order chi connectivity index (χ1) is 11.6. The average Bonchev–Trinajstić information content (AvgIpc) is 2.56. The molecule has 2 heteroatoms. The predicted molar refractivity (Wildman–Crippen MR) is 98.8 cm³/mol. The molecule has 0 nitrogen and oxygen atoms in total. The van der Waals surface area contributed by atoms with E-state index < -0.39 is 11.8 Å². The van der Waals surface area contributed by atoms with Crippen molar-refractivity contribution in [2.24, 2.45) is 5.92 Å². The summed E-state index contributed by atoms with van der Waals surface area (Å²) in [5, 5.41) is 0. The van der Waals surface area contributed by atoms with Crippen LogP contribution in [0.3, 0.4) is 0 Å². The van der Waals surface area contributed by atoms with Gasteiger partial charge in [-0.3, -0.25) is 0 Å². The first-order valence-electron chi connectivity index (χ1n) is 10.0. The Bertz CT molecular complexity index is 463. The summed E-state index contributed by atoms with van der Waals surface area (Å²) < 4.78 is 29.3. The van der Waals surface area contributed by atoms with Crippen molar-refractivity contribution in [3.05, 3.63) is 35.4 Å². The Balaban J connectivity index is 1.92. The van der Waals surface area contributed by atoms with E-state index >= 15 is 0 Å². The van der Waals surface area contributed by atoms with E-state index in [9.17, 15) is 8.78 Å². The van der Waals surface area contributed by atoms with Crippen LogP contribution < -0.4 is 0 Å². The quantitative estimate of drug-likeness (QED) is 0.409. The van der Waals surface area contributed by atoms with Gasteiger partial charge in [-0.2, -0.15) is 0 Å². The Kier molecular flexibility index (Phi) is 7.71. The van der Waals surface area contributed by atoms with Crippen LogP contribution in [0.15, 0.2) is 24.3 Å². The lowest BCUT2D eigenvalue weighted by atomic mass is 9.74. The summed E-state index contributed by atoms with van der Waals surface area (Å²) >= 11 is 0. The highest BCUT2D eigenvalue weighted by Gasteiger charge is 2.45. The van der Waals surface area contributed by atoms with Crippen LogP contribution in [0.4, 0.5) is 8.78 Å². The number of unbranched alkanes of at least 4 members (excludes halogenated alkanes) is 4. The van der Waals surface area contributed by atoms with Crippen LogP contribution in [0, 0.1) is 5.92 Å². The van der Waals surface area contributed by atoms with Crippen LogP contribution >= 0.6 is 0 Å². The largest absolute Gasteiger partial charge is 0.255 e. The number of benzene rings is 1. The van der Waals surface area contributed by atoms with Crippen LogP contribution in [-0.2, 0) is 6.42 Å². The molecule has 1 saturated carbocycles. The summed E-state index contributed by atoms with van der Waals surface area (Å²) in [6.45, 7) is 4.36. The Morgan fingerprint density at radius 2 is 1.58 bits per heavy atom. The molecule has 1 aliphatic rings. The van der Waals surface area contributed by atoms with Gasteiger partial charge in [0.2, 0.25) is 0 Å². The molecule has 0 bridgehead atoms. The van der Waals surface area contributed by atoms with Crippen molar-refractivity contribution in [2.45, 2.75) is 96.3 Å². The van der Waals surface area contributed by atoms with E-state index in [4.69, 9.17) is 0 Å². The van der Waals surface area contributed by atoms with E-state index in [-0.39, 0.29) is 12.3 Å². The maximum Gasteiger partial charge on any atom is 0.255 e. The molecule has 1 aliphatic carbocycles. The van der Waals surface area contributed by atoms with E-state index in [1.807, 2.05) is 12.1 Å². The van der Waals surface area contributed by atoms with Gasteiger partial charge in [0.05, 0.1) is 0 Å². The van der Waals surface area contributed by atoms with Gasteiger partial charge in [-0.1, -0.05) is 76.6 Å². The third-order valence-electron chi connectivity index (χ3n) is 5.60. The second-order valence-electron chi connectivity index (χ2n) is 7.66. The summed E-state index contributed by atoms with van der Waals surface area (Å²) in [5.74, 6) is -2.90. The molecule has 0 amide bonds. The lowest BCUT2D eigenvalue weighted by molar-refractivity contribution is -0.0737. The Morgan fingerprint density at radius 3 is 2.21 bits per heavy atom. The third-order valence-corrected chi connectivity index (χ3v) is 5.60. The van der Waals surface area contributed by atoms with E-state index in [2.05, 4.69) is 26.0 Å². The molecule has 0 aromatic heterocycles. The Hall–Kier alpha value is -0.920. The van der Waals surface area contributed by atoms with E-state index in [0.29, 0.717) is 6.42 Å². The third kappa shape index (κ3) is 5.57. The zero-order valence-corrected chi connectivity index (χ0v) is 15.5. The number of hydrogen-bond donors (Lipinski definition) is 0. The van der Waals surface area contributed by atoms with E-state index in [1.165, 1.54) is 31.2 Å². The minimum atomic E-state index is -2.54. The number of hydrogen-bond acceptors (Lipinski definition) is 0. The topological polar surface area (TPSA) is 0 Å². The van der Waals surface area contributed by atoms with E-state index in [1.54, 1.807) is 0 Å². The van der Waals surface area contributed by atoms with Crippen molar-refractivity contribution in [1.29, 1.82) is 0 Å². The highest BCUT2D eigenvalue weighted by molar-refractivity contribution is 5.27. The molecular weight excluding hydrogens is 302 g/mol. The fraction of sp³-hybridized carbons (Fsp3) is 0.727. The van der Waals surface area contributed by atoms with Gasteiger partial charge >= 0.3 is 0 Å². The molecule has 136 valence electrons. The van der Waals surface area contributed by atoms with Crippen molar-refractivity contribution in [3.63, 3.8) is 0 Å². The van der Waals surface area contributed by atoms with Crippen LogP contribution in [0.1, 0.15) is 95.1 Å². The minimum Gasteiger partial charge on any atom is -0.206 e. The molecular formula is C22H34F2. The molecule has 0 aliphatic heterocycles. The van der Waals surface area contributed by atoms with Gasteiger partial charge in [0.15, 0.2) is 0 Å². The first kappa shape index (κ1) is 19.4. The molecule has 1 aromatic carbocycles. The van der Waals surface area contributed by atoms with Gasteiger partial charge in [-0.05, 0) is 42.7 Å². The predicted octanol–water partition coefficient (Wildman–Crippen LogP) is 7.52. The molecule has 0 spiro atoms. The smallest absolute Gasteiger partial charge is 0.206 e. The van der Waals surface area contributed by atoms with Gasteiger partial charge in [-0.15, -0.1) is 0 Å². The molecule has 0 saturated heterocycles. The van der Waals surface area contributed by atoms with Crippen molar-refractivity contribution in [2.75, 3.05) is 0 Å². The summed E-state index contributed by atoms with van der Waals surface area (Å²) in [7, 11) is 0. The fourth-order valence-corrected chi connectivity index (χ4v) is 4.08. The fourth-order valence-electron chi connectivity index (χ4n) is 4.08. The van der Waals surface area contributed by atoms with Gasteiger partial charge in [0, 0.05) is 12.3 Å².